The fourth-order valence-corrected chi connectivity index (χ4v) is 4.29. The fourth-order valence-electron chi connectivity index (χ4n) is 4.29. The highest BCUT2D eigenvalue weighted by molar-refractivity contribution is 5.94. The third-order valence-electron chi connectivity index (χ3n) is 5.84. The normalized spacial score (nSPS) is 23.8. The third kappa shape index (κ3) is 4.01. The van der Waals surface area contributed by atoms with E-state index in [0.717, 1.165) is 18.7 Å². The van der Waals surface area contributed by atoms with Crippen LogP contribution < -0.4 is 5.32 Å². The number of hydrogen-bond donors (Lipinski definition) is 1. The van der Waals surface area contributed by atoms with Crippen molar-refractivity contribution in [3.63, 3.8) is 0 Å². The Kier molecular flexibility index (Phi) is 5.41. The summed E-state index contributed by atoms with van der Waals surface area (Å²) in [5, 5.41) is 3.54. The molecule has 2 saturated heterocycles. The Bertz CT molecular complexity index is 612. The number of amides is 1. The molecule has 1 aromatic heterocycles. The maximum Gasteiger partial charge on any atom is 0.254 e. The quantitative estimate of drug-likeness (QED) is 0.840. The minimum Gasteiger partial charge on any atom is -0.367 e. The van der Waals surface area contributed by atoms with Gasteiger partial charge in [-0.3, -0.25) is 4.79 Å². The summed E-state index contributed by atoms with van der Waals surface area (Å²) in [5.41, 5.74) is 0.709. The van der Waals surface area contributed by atoms with Crippen LogP contribution >= 0.6 is 0 Å². The first-order valence-electron chi connectivity index (χ1n) is 10.0. The van der Waals surface area contributed by atoms with Gasteiger partial charge in [-0.1, -0.05) is 25.7 Å². The minimum absolute atomic E-state index is 0.0733. The number of carbonyl (C=O) groups is 1. The molecule has 0 unspecified atom stereocenters. The van der Waals surface area contributed by atoms with E-state index in [-0.39, 0.29) is 5.91 Å². The number of anilines is 1. The smallest absolute Gasteiger partial charge is 0.254 e. The Morgan fingerprint density at radius 2 is 1.81 bits per heavy atom. The van der Waals surface area contributed by atoms with E-state index in [1.54, 1.807) is 6.20 Å². The molecule has 0 bridgehead atoms. The van der Waals surface area contributed by atoms with Crippen LogP contribution in [0.3, 0.4) is 0 Å². The van der Waals surface area contributed by atoms with Crippen LogP contribution in [-0.2, 0) is 9.47 Å². The molecule has 1 amide bonds. The lowest BCUT2D eigenvalue weighted by Crippen LogP contribution is -2.47. The summed E-state index contributed by atoms with van der Waals surface area (Å²) >= 11 is 0. The van der Waals surface area contributed by atoms with E-state index >= 15 is 0 Å². The molecule has 0 atom stereocenters. The van der Waals surface area contributed by atoms with Crippen molar-refractivity contribution in [3.8, 4) is 0 Å². The fraction of sp³-hybridized carbons (Fsp3) is 0.700. The first-order chi connectivity index (χ1) is 12.7. The molecule has 3 fully saturated rings. The molecule has 1 spiro atoms. The monoisotopic (exact) mass is 359 g/mol. The standard InChI is InChI=1S/C20H29N3O3/c24-19(23-11-8-20(9-12-23)25-13-14-26-20)16-7-10-21-18(15-16)22-17-5-3-1-2-4-6-17/h7,10,15,17H,1-6,8-9,11-14H2,(H,21,22). The summed E-state index contributed by atoms with van der Waals surface area (Å²) in [4.78, 5) is 19.2. The van der Waals surface area contributed by atoms with E-state index in [1.807, 2.05) is 17.0 Å². The lowest BCUT2D eigenvalue weighted by atomic mass is 10.0. The summed E-state index contributed by atoms with van der Waals surface area (Å²) in [5.74, 6) is 0.448. The van der Waals surface area contributed by atoms with E-state index in [1.165, 1.54) is 38.5 Å². The summed E-state index contributed by atoms with van der Waals surface area (Å²) in [7, 11) is 0. The first-order valence-corrected chi connectivity index (χ1v) is 10.0. The molecule has 0 radical (unpaired) electrons. The molecule has 0 aromatic carbocycles. The number of pyridine rings is 1. The first kappa shape index (κ1) is 17.7. The zero-order chi connectivity index (χ0) is 17.8. The van der Waals surface area contributed by atoms with Crippen molar-refractivity contribution in [1.82, 2.24) is 9.88 Å². The maximum atomic E-state index is 12.9. The molecule has 2 aliphatic heterocycles. The second-order valence-electron chi connectivity index (χ2n) is 7.66. The average molecular weight is 359 g/mol. The largest absolute Gasteiger partial charge is 0.367 e. The van der Waals surface area contributed by atoms with Gasteiger partial charge in [-0.25, -0.2) is 4.98 Å². The number of likely N-dealkylation sites (tertiary alicyclic amines) is 1. The molecule has 6 heteroatoms. The lowest BCUT2D eigenvalue weighted by molar-refractivity contribution is -0.181. The van der Waals surface area contributed by atoms with Gasteiger partial charge < -0.3 is 19.7 Å². The molecule has 142 valence electrons. The topological polar surface area (TPSA) is 63.7 Å². The number of nitrogens with one attached hydrogen (secondary N) is 1. The van der Waals surface area contributed by atoms with Crippen molar-refractivity contribution in [3.05, 3.63) is 23.9 Å². The summed E-state index contributed by atoms with van der Waals surface area (Å²) < 4.78 is 11.5. The van der Waals surface area contributed by atoms with Crippen LogP contribution in [0.25, 0.3) is 0 Å². The number of ether oxygens (including phenoxy) is 2. The number of carbonyl (C=O) groups excluding carboxylic acids is 1. The Labute approximate surface area is 155 Å². The molecule has 3 heterocycles. The van der Waals surface area contributed by atoms with Gasteiger partial charge in [0, 0.05) is 43.7 Å². The number of aromatic nitrogens is 1. The highest BCUT2D eigenvalue weighted by Crippen LogP contribution is 2.31. The van der Waals surface area contributed by atoms with E-state index < -0.39 is 5.79 Å². The Hall–Kier alpha value is -1.66. The van der Waals surface area contributed by atoms with Gasteiger partial charge in [0.15, 0.2) is 5.79 Å². The van der Waals surface area contributed by atoms with Crippen LogP contribution in [0.2, 0.25) is 0 Å². The molecule has 4 rings (SSSR count). The van der Waals surface area contributed by atoms with E-state index in [4.69, 9.17) is 9.47 Å². The molecule has 26 heavy (non-hydrogen) atoms. The van der Waals surface area contributed by atoms with Gasteiger partial charge in [-0.05, 0) is 25.0 Å². The van der Waals surface area contributed by atoms with E-state index in [0.29, 0.717) is 37.9 Å². The Balaban J connectivity index is 1.37. The molecule has 6 nitrogen and oxygen atoms in total. The van der Waals surface area contributed by atoms with Crippen molar-refractivity contribution in [1.29, 1.82) is 0 Å². The molecule has 1 saturated carbocycles. The van der Waals surface area contributed by atoms with Gasteiger partial charge in [0.1, 0.15) is 5.82 Å². The third-order valence-corrected chi connectivity index (χ3v) is 5.84. The minimum atomic E-state index is -0.443. The van der Waals surface area contributed by atoms with Gasteiger partial charge in [0.05, 0.1) is 13.2 Å². The highest BCUT2D eigenvalue weighted by atomic mass is 16.7. The number of nitrogens with zero attached hydrogens (tertiary/aromatic N) is 2. The Morgan fingerprint density at radius 3 is 2.50 bits per heavy atom. The maximum absolute atomic E-state index is 12.9. The van der Waals surface area contributed by atoms with Crippen LogP contribution in [0.4, 0.5) is 5.82 Å². The highest BCUT2D eigenvalue weighted by Gasteiger charge is 2.40. The van der Waals surface area contributed by atoms with E-state index in [9.17, 15) is 4.79 Å². The second kappa shape index (κ2) is 7.92. The molecular weight excluding hydrogens is 330 g/mol. The lowest BCUT2D eigenvalue weighted by Gasteiger charge is -2.37. The van der Waals surface area contributed by atoms with Crippen molar-refractivity contribution in [2.24, 2.45) is 0 Å². The SMILES string of the molecule is O=C(c1ccnc(NC2CCCCCC2)c1)N1CCC2(CC1)OCCO2. The van der Waals surface area contributed by atoms with Gasteiger partial charge >= 0.3 is 0 Å². The zero-order valence-corrected chi connectivity index (χ0v) is 15.4. The van der Waals surface area contributed by atoms with Gasteiger partial charge in [0.25, 0.3) is 5.91 Å². The van der Waals surface area contributed by atoms with Crippen LogP contribution in [0, 0.1) is 0 Å². The molecule has 1 aliphatic carbocycles. The van der Waals surface area contributed by atoms with Gasteiger partial charge in [-0.15, -0.1) is 0 Å². The van der Waals surface area contributed by atoms with Crippen LogP contribution in [0.5, 0.6) is 0 Å². The molecule has 1 N–H and O–H groups in total. The summed E-state index contributed by atoms with van der Waals surface area (Å²) in [6, 6.07) is 4.19. The van der Waals surface area contributed by atoms with Crippen LogP contribution in [0.15, 0.2) is 18.3 Å². The van der Waals surface area contributed by atoms with Crippen molar-refractivity contribution in [2.75, 3.05) is 31.6 Å². The van der Waals surface area contributed by atoms with Crippen molar-refractivity contribution < 1.29 is 14.3 Å². The second-order valence-corrected chi connectivity index (χ2v) is 7.66. The van der Waals surface area contributed by atoms with Crippen molar-refractivity contribution >= 4 is 11.7 Å². The van der Waals surface area contributed by atoms with Crippen LogP contribution in [-0.4, -0.2) is 53.9 Å². The summed E-state index contributed by atoms with van der Waals surface area (Å²) in [6.07, 6.45) is 10.8. The van der Waals surface area contributed by atoms with E-state index in [2.05, 4.69) is 10.3 Å². The molecular formula is C20H29N3O3. The number of rotatable bonds is 3. The number of hydrogen-bond acceptors (Lipinski definition) is 5. The zero-order valence-electron chi connectivity index (χ0n) is 15.4. The van der Waals surface area contributed by atoms with Gasteiger partial charge in [-0.2, -0.15) is 0 Å². The summed E-state index contributed by atoms with van der Waals surface area (Å²) in [6.45, 7) is 2.67. The van der Waals surface area contributed by atoms with Gasteiger partial charge in [0.2, 0.25) is 0 Å². The molecule has 1 aromatic rings. The Morgan fingerprint density at radius 1 is 1.12 bits per heavy atom. The average Bonchev–Trinajstić information content (AvgIpc) is 2.96. The number of piperidine rings is 1. The van der Waals surface area contributed by atoms with Crippen LogP contribution in [0.1, 0.15) is 61.7 Å². The predicted octanol–water partition coefficient (Wildman–Crippen LogP) is 3.20. The van der Waals surface area contributed by atoms with Crippen molar-refractivity contribution in [2.45, 2.75) is 63.2 Å². The predicted molar refractivity (Wildman–Crippen MR) is 99.1 cm³/mol. The molecule has 3 aliphatic rings.